The number of nitrogens with zero attached hydrogens (tertiary/aromatic N) is 4. The molecule has 0 bridgehead atoms. The summed E-state index contributed by atoms with van der Waals surface area (Å²) in [5.74, 6) is 0. The Morgan fingerprint density at radius 1 is 0.635 bits per heavy atom. The molecule has 0 spiro atoms. The Kier molecular flexibility index (Phi) is 9.42. The minimum atomic E-state index is -0.547. The molecule has 0 atom stereocenters. The van der Waals surface area contributed by atoms with E-state index in [1.807, 2.05) is 30.5 Å². The fraction of sp³-hybridized carbons (Fsp3) is 0.281. The van der Waals surface area contributed by atoms with Crippen LogP contribution >= 0.6 is 0 Å². The van der Waals surface area contributed by atoms with Crippen molar-refractivity contribution < 1.29 is 35.5 Å². The van der Waals surface area contributed by atoms with Gasteiger partial charge in [-0.3, -0.25) is 0 Å². The number of furan rings is 1. The normalized spacial score (nSPS) is 14.1. The molecule has 4 heterocycles. The van der Waals surface area contributed by atoms with Crippen LogP contribution in [0.3, 0.4) is 0 Å². The van der Waals surface area contributed by atoms with Gasteiger partial charge in [-0.05, 0) is 68.4 Å². The summed E-state index contributed by atoms with van der Waals surface area (Å²) in [6.07, 6.45) is 3.72. The largest absolute Gasteiger partial charge is 0.498 e. The SMILES string of the molecule is CC(C)(C)c1ccc(-c2[c-]ccc(C(C)(C)C)c2)nc1.[2H]c1c([2H])c([2H])c2c(c1[2H])c1c([2H])c([2H])c([2H])c([2H])c1n2-c1c(C#N)ccc2c1oc1c(-c3cc(C(C)(C)C)ccn3)[c-]cc(C(C)(C)C)c12.[Ir]. The van der Waals surface area contributed by atoms with Crippen LogP contribution < -0.4 is 0 Å². The zero-order valence-corrected chi connectivity index (χ0v) is 40.4. The summed E-state index contributed by atoms with van der Waals surface area (Å²) >= 11 is 0. The van der Waals surface area contributed by atoms with E-state index >= 15 is 0 Å². The molecule has 0 unspecified atom stereocenters. The number of aromatic nitrogens is 3. The monoisotopic (exact) mass is 1010 g/mol. The molecule has 63 heavy (non-hydrogen) atoms. The standard InChI is InChI=1S/C38H32N3O.C19H24N.Ir/c1-37(2,3)24-19-20-40-30(21-24)27-17-18-29(38(4,5)6)33-28-16-15-23(22-39)34(36(28)42-35(27)33)41-31-13-9-7-11-25(31)26-12-8-10-14-32(26)41;1-18(2,3)15-9-7-8-14(12-15)17-11-10-16(13-20-17)19(4,5)6;/h7-16,18-21H,1-6H3;7,9-13H,1-6H3;/q2*-1;/i7D,8D,9D,10D,11D,12D,13D,14D;;. The Balaban J connectivity index is 0.000000296. The second kappa shape index (κ2) is 16.7. The molecule has 0 amide bonds. The summed E-state index contributed by atoms with van der Waals surface area (Å²) in [5.41, 5.74) is 8.19. The molecule has 4 aromatic heterocycles. The number of hydrogen-bond donors (Lipinski definition) is 0. The number of benzene rings is 5. The first-order valence-corrected chi connectivity index (χ1v) is 20.9. The van der Waals surface area contributed by atoms with Gasteiger partial charge in [-0.25, -0.2) is 0 Å². The van der Waals surface area contributed by atoms with Crippen LogP contribution in [-0.2, 0) is 41.8 Å². The van der Waals surface area contributed by atoms with Crippen molar-refractivity contribution in [2.75, 3.05) is 0 Å². The fourth-order valence-corrected chi connectivity index (χ4v) is 7.72. The van der Waals surface area contributed by atoms with Gasteiger partial charge >= 0.3 is 0 Å². The van der Waals surface area contributed by atoms with Crippen molar-refractivity contribution in [1.29, 1.82) is 5.26 Å². The van der Waals surface area contributed by atoms with E-state index in [0.29, 0.717) is 22.2 Å². The molecule has 5 aromatic carbocycles. The zero-order valence-electron chi connectivity index (χ0n) is 46.0. The quantitative estimate of drug-likeness (QED) is 0.165. The van der Waals surface area contributed by atoms with Crippen molar-refractivity contribution in [3.05, 3.63) is 161 Å². The molecule has 9 aromatic rings. The van der Waals surface area contributed by atoms with E-state index in [4.69, 9.17) is 15.4 Å². The third kappa shape index (κ3) is 8.62. The summed E-state index contributed by atoms with van der Waals surface area (Å²) in [7, 11) is 0. The van der Waals surface area contributed by atoms with Gasteiger partial charge in [0.25, 0.3) is 0 Å². The fourth-order valence-electron chi connectivity index (χ4n) is 7.72. The Hall–Kier alpha value is -5.86. The average molecular weight is 1010 g/mol. The van der Waals surface area contributed by atoms with Gasteiger partial charge in [0.1, 0.15) is 17.3 Å². The molecule has 0 saturated heterocycles. The Labute approximate surface area is 397 Å². The second-order valence-electron chi connectivity index (χ2n) is 20.0. The summed E-state index contributed by atoms with van der Waals surface area (Å²) in [5, 5.41) is 11.7. The maximum Gasteiger partial charge on any atom is 0.146 e. The Bertz CT molecular complexity index is 3560. The molecule has 0 aliphatic carbocycles. The number of para-hydroxylation sites is 2. The van der Waals surface area contributed by atoms with E-state index in [1.165, 1.54) is 15.7 Å². The average Bonchev–Trinajstić information content (AvgIpc) is 3.87. The number of hydrogen-bond acceptors (Lipinski definition) is 4. The molecule has 0 aliphatic heterocycles. The molecular formula is C57H56IrN4O-2. The summed E-state index contributed by atoms with van der Waals surface area (Å²) in [6.45, 7) is 25.8. The van der Waals surface area contributed by atoms with Crippen molar-refractivity contribution in [2.45, 2.75) is 105 Å². The van der Waals surface area contributed by atoms with Crippen molar-refractivity contribution in [2.24, 2.45) is 0 Å². The zero-order chi connectivity index (χ0) is 51.3. The molecule has 0 saturated carbocycles. The van der Waals surface area contributed by atoms with Crippen molar-refractivity contribution in [1.82, 2.24) is 14.5 Å². The van der Waals surface area contributed by atoms with Crippen LogP contribution in [0.4, 0.5) is 0 Å². The van der Waals surface area contributed by atoms with Gasteiger partial charge in [-0.2, -0.15) is 5.26 Å². The predicted molar refractivity (Wildman–Crippen MR) is 258 cm³/mol. The van der Waals surface area contributed by atoms with Crippen molar-refractivity contribution >= 4 is 43.7 Å². The van der Waals surface area contributed by atoms with Crippen LogP contribution in [0.15, 0.2) is 126 Å². The van der Waals surface area contributed by atoms with E-state index in [1.54, 1.807) is 18.3 Å². The molecule has 1 radical (unpaired) electrons. The smallest absolute Gasteiger partial charge is 0.146 e. The van der Waals surface area contributed by atoms with Gasteiger partial charge in [0, 0.05) is 48.7 Å². The van der Waals surface area contributed by atoms with Gasteiger partial charge in [-0.1, -0.05) is 155 Å². The molecule has 0 aliphatic rings. The van der Waals surface area contributed by atoms with E-state index in [2.05, 4.69) is 136 Å². The summed E-state index contributed by atoms with van der Waals surface area (Å²) in [4.78, 5) is 9.29. The first-order valence-electron chi connectivity index (χ1n) is 24.9. The van der Waals surface area contributed by atoms with Crippen molar-refractivity contribution in [3.8, 4) is 34.3 Å². The molecule has 0 N–H and O–H groups in total. The van der Waals surface area contributed by atoms with Gasteiger partial charge in [0.2, 0.25) is 0 Å². The molecular weight excluding hydrogens is 949 g/mol. The van der Waals surface area contributed by atoms with Crippen LogP contribution in [0.1, 0.15) is 122 Å². The first kappa shape index (κ1) is 35.6. The number of nitriles is 1. The summed E-state index contributed by atoms with van der Waals surface area (Å²) < 4.78 is 77.8. The number of fused-ring (bicyclic) bond motifs is 6. The van der Waals surface area contributed by atoms with E-state index in [-0.39, 0.29) is 80.4 Å². The van der Waals surface area contributed by atoms with Crippen LogP contribution in [0.5, 0.6) is 0 Å². The Morgan fingerprint density at radius 3 is 1.83 bits per heavy atom. The van der Waals surface area contributed by atoms with Gasteiger partial charge in [0.05, 0.1) is 33.1 Å². The summed E-state index contributed by atoms with van der Waals surface area (Å²) in [6, 6.07) is 24.7. The third-order valence-electron chi connectivity index (χ3n) is 11.3. The van der Waals surface area contributed by atoms with Crippen LogP contribution in [0, 0.1) is 23.5 Å². The molecule has 9 rings (SSSR count). The molecule has 321 valence electrons. The van der Waals surface area contributed by atoms with Crippen LogP contribution in [0.25, 0.3) is 71.9 Å². The Morgan fingerprint density at radius 2 is 1.25 bits per heavy atom. The number of pyridine rings is 2. The van der Waals surface area contributed by atoms with Crippen molar-refractivity contribution in [3.63, 3.8) is 0 Å². The minimum absolute atomic E-state index is 0. The number of rotatable bonds is 3. The predicted octanol–water partition coefficient (Wildman–Crippen LogP) is 15.2. The van der Waals surface area contributed by atoms with Gasteiger partial charge in [0.15, 0.2) is 0 Å². The maximum atomic E-state index is 10.5. The molecule has 5 nitrogen and oxygen atoms in total. The first-order chi connectivity index (χ1) is 32.6. The topological polar surface area (TPSA) is 67.6 Å². The van der Waals surface area contributed by atoms with E-state index < -0.39 is 48.3 Å². The second-order valence-corrected chi connectivity index (χ2v) is 20.0. The van der Waals surface area contributed by atoms with Gasteiger partial charge in [-0.15, -0.1) is 53.1 Å². The molecule has 0 fully saturated rings. The van der Waals surface area contributed by atoms with E-state index in [9.17, 15) is 5.26 Å². The van der Waals surface area contributed by atoms with Gasteiger partial charge < -0.3 is 19.0 Å². The molecule has 6 heteroatoms. The third-order valence-corrected chi connectivity index (χ3v) is 11.3. The van der Waals surface area contributed by atoms with Crippen LogP contribution in [-0.4, -0.2) is 14.5 Å². The maximum absolute atomic E-state index is 10.5. The minimum Gasteiger partial charge on any atom is -0.498 e. The van der Waals surface area contributed by atoms with E-state index in [0.717, 1.165) is 27.8 Å². The van der Waals surface area contributed by atoms with Crippen LogP contribution in [0.2, 0.25) is 0 Å².